The molecule has 1 fully saturated rings. The van der Waals surface area contributed by atoms with Crippen molar-refractivity contribution in [1.82, 2.24) is 15.1 Å². The largest absolute Gasteiger partial charge is 0.497 e. The van der Waals surface area contributed by atoms with E-state index in [0.29, 0.717) is 11.4 Å². The number of nitrogens with zero attached hydrogens (tertiary/aromatic N) is 3. The highest BCUT2D eigenvalue weighted by molar-refractivity contribution is 8.00. The number of ether oxygens (including phenoxy) is 1. The lowest BCUT2D eigenvalue weighted by Crippen LogP contribution is -2.46. The van der Waals surface area contributed by atoms with Crippen molar-refractivity contribution in [3.63, 3.8) is 0 Å². The van der Waals surface area contributed by atoms with Crippen LogP contribution in [0.5, 0.6) is 5.75 Å². The van der Waals surface area contributed by atoms with Crippen LogP contribution in [0.1, 0.15) is 43.0 Å². The lowest BCUT2D eigenvalue weighted by Gasteiger charge is -2.30. The van der Waals surface area contributed by atoms with Crippen LogP contribution in [-0.2, 0) is 9.59 Å². The Balaban J connectivity index is 1.64. The molecule has 8 heteroatoms. The first kappa shape index (κ1) is 22.5. The first-order valence-electron chi connectivity index (χ1n) is 11.6. The number of fused-ring (bicyclic) bond motifs is 1. The van der Waals surface area contributed by atoms with Crippen LogP contribution in [0.3, 0.4) is 0 Å². The summed E-state index contributed by atoms with van der Waals surface area (Å²) in [5.74, 6) is 0.637. The predicted octanol–water partition coefficient (Wildman–Crippen LogP) is 4.43. The van der Waals surface area contributed by atoms with Gasteiger partial charge in [0.1, 0.15) is 16.8 Å². The van der Waals surface area contributed by atoms with Gasteiger partial charge < -0.3 is 10.1 Å². The highest BCUT2D eigenvalue weighted by Crippen LogP contribution is 2.41. The number of benzene rings is 2. The summed E-state index contributed by atoms with van der Waals surface area (Å²) in [5.41, 5.74) is 3.09. The van der Waals surface area contributed by atoms with Crippen molar-refractivity contribution >= 4 is 29.3 Å². The SMILES string of the molecule is COc1ccc(N2C(=O)CSc3c(c(C)nn3-c3ccccc3)C2C(=O)NC2CCCC2)cc1. The molecule has 1 unspecified atom stereocenters. The standard InChI is InChI=1S/C26H28N4O3S/c1-17-23-24(25(32)27-18-8-6-7-9-18)29(19-12-14-21(33-2)15-13-19)22(31)16-34-26(23)30(28-17)20-10-4-3-5-11-20/h3-5,10-15,18,24H,6-9,16H2,1-2H3,(H,27,32). The number of amides is 2. The van der Waals surface area contributed by atoms with Crippen molar-refractivity contribution in [3.8, 4) is 11.4 Å². The van der Waals surface area contributed by atoms with Crippen LogP contribution in [0.4, 0.5) is 5.69 Å². The molecule has 2 amide bonds. The van der Waals surface area contributed by atoms with E-state index in [4.69, 9.17) is 9.84 Å². The molecule has 7 nitrogen and oxygen atoms in total. The molecule has 2 aliphatic rings. The molecule has 1 aliphatic heterocycles. The molecule has 2 heterocycles. The molecule has 1 atom stereocenters. The van der Waals surface area contributed by atoms with Crippen LogP contribution in [0.2, 0.25) is 0 Å². The van der Waals surface area contributed by atoms with Gasteiger partial charge in [0.25, 0.3) is 0 Å². The van der Waals surface area contributed by atoms with Gasteiger partial charge in [0.05, 0.1) is 24.2 Å². The molecule has 1 N–H and O–H groups in total. The normalized spacial score (nSPS) is 18.5. The Morgan fingerprint density at radius 1 is 1.06 bits per heavy atom. The van der Waals surface area contributed by atoms with Gasteiger partial charge >= 0.3 is 0 Å². The minimum Gasteiger partial charge on any atom is -0.497 e. The molecule has 1 aromatic heterocycles. The van der Waals surface area contributed by atoms with Gasteiger partial charge in [-0.05, 0) is 56.2 Å². The molecule has 0 spiro atoms. The first-order chi connectivity index (χ1) is 16.6. The highest BCUT2D eigenvalue weighted by atomic mass is 32.2. The number of methoxy groups -OCH3 is 1. The Bertz CT molecular complexity index is 1190. The van der Waals surface area contributed by atoms with Gasteiger partial charge in [-0.2, -0.15) is 5.10 Å². The number of anilines is 1. The fraction of sp³-hybridized carbons (Fsp3) is 0.346. The quantitative estimate of drug-likeness (QED) is 0.590. The minimum absolute atomic E-state index is 0.114. The summed E-state index contributed by atoms with van der Waals surface area (Å²) in [6.45, 7) is 1.91. The van der Waals surface area contributed by atoms with E-state index in [1.165, 1.54) is 11.8 Å². The molecule has 0 bridgehead atoms. The highest BCUT2D eigenvalue weighted by Gasteiger charge is 2.41. The van der Waals surface area contributed by atoms with E-state index in [2.05, 4.69) is 5.32 Å². The maximum atomic E-state index is 13.8. The van der Waals surface area contributed by atoms with Crippen molar-refractivity contribution in [3.05, 3.63) is 65.9 Å². The average molecular weight is 477 g/mol. The van der Waals surface area contributed by atoms with E-state index in [0.717, 1.165) is 47.7 Å². The molecule has 34 heavy (non-hydrogen) atoms. The van der Waals surface area contributed by atoms with E-state index in [-0.39, 0.29) is 23.6 Å². The predicted molar refractivity (Wildman–Crippen MR) is 133 cm³/mol. The van der Waals surface area contributed by atoms with E-state index in [1.807, 2.05) is 66.2 Å². The maximum Gasteiger partial charge on any atom is 0.248 e. The van der Waals surface area contributed by atoms with E-state index in [9.17, 15) is 9.59 Å². The second kappa shape index (κ2) is 9.54. The average Bonchev–Trinajstić information content (AvgIpc) is 3.45. The Hall–Kier alpha value is -3.26. The molecule has 1 aliphatic carbocycles. The third-order valence-corrected chi connectivity index (χ3v) is 7.55. The van der Waals surface area contributed by atoms with E-state index in [1.54, 1.807) is 12.0 Å². The molecule has 5 rings (SSSR count). The lowest BCUT2D eigenvalue weighted by molar-refractivity contribution is -0.126. The second-order valence-corrected chi connectivity index (χ2v) is 9.66. The number of hydrogen-bond acceptors (Lipinski definition) is 5. The number of para-hydroxylation sites is 1. The number of aryl methyl sites for hydroxylation is 1. The van der Waals surface area contributed by atoms with Gasteiger partial charge in [0.15, 0.2) is 0 Å². The summed E-state index contributed by atoms with van der Waals surface area (Å²) in [6, 6.07) is 16.5. The van der Waals surface area contributed by atoms with Crippen molar-refractivity contribution < 1.29 is 14.3 Å². The minimum atomic E-state index is -0.802. The molecule has 0 radical (unpaired) electrons. The van der Waals surface area contributed by atoms with Gasteiger partial charge in [-0.15, -0.1) is 0 Å². The van der Waals surface area contributed by atoms with Crippen molar-refractivity contribution in [2.45, 2.75) is 49.7 Å². The van der Waals surface area contributed by atoms with Crippen molar-refractivity contribution in [2.75, 3.05) is 17.8 Å². The van der Waals surface area contributed by atoms with Crippen LogP contribution in [0.15, 0.2) is 59.6 Å². The van der Waals surface area contributed by atoms with Crippen LogP contribution >= 0.6 is 11.8 Å². The molecule has 2 aromatic carbocycles. The van der Waals surface area contributed by atoms with Crippen molar-refractivity contribution in [1.29, 1.82) is 0 Å². The van der Waals surface area contributed by atoms with Crippen LogP contribution in [0, 0.1) is 6.92 Å². The summed E-state index contributed by atoms with van der Waals surface area (Å²) in [6.07, 6.45) is 4.17. The number of hydrogen-bond donors (Lipinski definition) is 1. The van der Waals surface area contributed by atoms with Crippen LogP contribution in [0.25, 0.3) is 5.69 Å². The fourth-order valence-electron chi connectivity index (χ4n) is 4.82. The molecule has 1 saturated carbocycles. The lowest BCUT2D eigenvalue weighted by atomic mass is 10.0. The fourth-order valence-corrected chi connectivity index (χ4v) is 5.91. The maximum absolute atomic E-state index is 13.8. The Labute approximate surface area is 203 Å². The molecular formula is C26H28N4O3S. The molecule has 0 saturated heterocycles. The Morgan fingerprint density at radius 3 is 2.44 bits per heavy atom. The summed E-state index contributed by atoms with van der Waals surface area (Å²) in [5, 5.41) is 8.87. The zero-order valence-electron chi connectivity index (χ0n) is 19.4. The third kappa shape index (κ3) is 4.18. The number of carbonyl (C=O) groups is 2. The first-order valence-corrected chi connectivity index (χ1v) is 12.6. The topological polar surface area (TPSA) is 76.5 Å². The number of carbonyl (C=O) groups excluding carboxylic acids is 2. The van der Waals surface area contributed by atoms with Gasteiger partial charge in [0.2, 0.25) is 11.8 Å². The van der Waals surface area contributed by atoms with Gasteiger partial charge in [0, 0.05) is 17.3 Å². The summed E-state index contributed by atoms with van der Waals surface area (Å²) >= 11 is 1.43. The summed E-state index contributed by atoms with van der Waals surface area (Å²) < 4.78 is 7.16. The third-order valence-electron chi connectivity index (χ3n) is 6.50. The Kier molecular flexibility index (Phi) is 6.32. The van der Waals surface area contributed by atoms with Crippen molar-refractivity contribution in [2.24, 2.45) is 0 Å². The second-order valence-electron chi connectivity index (χ2n) is 8.69. The van der Waals surface area contributed by atoms with Crippen LogP contribution in [-0.4, -0.2) is 40.5 Å². The molecule has 176 valence electrons. The summed E-state index contributed by atoms with van der Waals surface area (Å²) in [7, 11) is 1.61. The zero-order valence-corrected chi connectivity index (χ0v) is 20.2. The van der Waals surface area contributed by atoms with Gasteiger partial charge in [-0.25, -0.2) is 4.68 Å². The smallest absolute Gasteiger partial charge is 0.248 e. The summed E-state index contributed by atoms with van der Waals surface area (Å²) in [4.78, 5) is 29.0. The molecule has 3 aromatic rings. The van der Waals surface area contributed by atoms with E-state index < -0.39 is 6.04 Å². The number of aromatic nitrogens is 2. The van der Waals surface area contributed by atoms with Gasteiger partial charge in [-0.1, -0.05) is 42.8 Å². The van der Waals surface area contributed by atoms with E-state index >= 15 is 0 Å². The number of thioether (sulfide) groups is 1. The Morgan fingerprint density at radius 2 is 1.76 bits per heavy atom. The monoisotopic (exact) mass is 476 g/mol. The number of nitrogens with one attached hydrogen (secondary N) is 1. The molecular weight excluding hydrogens is 448 g/mol. The zero-order chi connectivity index (χ0) is 23.7. The van der Waals surface area contributed by atoms with Crippen LogP contribution < -0.4 is 15.0 Å². The van der Waals surface area contributed by atoms with Gasteiger partial charge in [-0.3, -0.25) is 14.5 Å². The number of rotatable bonds is 5.